The SMILES string of the molecule is CCCOc1ccc(-c2csc(NC(=O)c3ccccc3SCC)n2)cc1. The van der Waals surface area contributed by atoms with E-state index in [0.717, 1.165) is 34.1 Å². The first-order chi connectivity index (χ1) is 13.2. The van der Waals surface area contributed by atoms with E-state index in [4.69, 9.17) is 4.74 Å². The van der Waals surface area contributed by atoms with Crippen LogP contribution in [-0.2, 0) is 0 Å². The molecule has 140 valence electrons. The van der Waals surface area contributed by atoms with Crippen LogP contribution in [0.15, 0.2) is 58.8 Å². The van der Waals surface area contributed by atoms with E-state index in [2.05, 4.69) is 24.1 Å². The van der Waals surface area contributed by atoms with E-state index in [-0.39, 0.29) is 5.91 Å². The number of carbonyl (C=O) groups excluding carboxylic acids is 1. The van der Waals surface area contributed by atoms with Gasteiger partial charge in [0.15, 0.2) is 5.13 Å². The lowest BCUT2D eigenvalue weighted by Crippen LogP contribution is -2.12. The van der Waals surface area contributed by atoms with E-state index >= 15 is 0 Å². The molecule has 3 aromatic rings. The number of amides is 1. The molecule has 0 saturated heterocycles. The molecule has 4 nitrogen and oxygen atoms in total. The van der Waals surface area contributed by atoms with Crippen LogP contribution in [0.5, 0.6) is 5.75 Å². The van der Waals surface area contributed by atoms with Crippen LogP contribution < -0.4 is 10.1 Å². The first-order valence-corrected chi connectivity index (χ1v) is 10.8. The molecule has 6 heteroatoms. The predicted octanol–water partition coefficient (Wildman–Crippen LogP) is 5.96. The molecular weight excluding hydrogens is 376 g/mol. The maximum Gasteiger partial charge on any atom is 0.258 e. The van der Waals surface area contributed by atoms with Crippen molar-refractivity contribution >= 4 is 34.1 Å². The number of aromatic nitrogens is 1. The van der Waals surface area contributed by atoms with Crippen molar-refractivity contribution < 1.29 is 9.53 Å². The van der Waals surface area contributed by atoms with Gasteiger partial charge in [0.1, 0.15) is 5.75 Å². The zero-order chi connectivity index (χ0) is 19.1. The van der Waals surface area contributed by atoms with Gasteiger partial charge in [0, 0.05) is 15.8 Å². The molecule has 1 N–H and O–H groups in total. The average molecular weight is 399 g/mol. The molecule has 0 fully saturated rings. The van der Waals surface area contributed by atoms with Gasteiger partial charge in [-0.2, -0.15) is 0 Å². The fraction of sp³-hybridized carbons (Fsp3) is 0.238. The van der Waals surface area contributed by atoms with E-state index in [1.807, 2.05) is 53.9 Å². The summed E-state index contributed by atoms with van der Waals surface area (Å²) in [5.74, 6) is 1.65. The van der Waals surface area contributed by atoms with Gasteiger partial charge >= 0.3 is 0 Å². The van der Waals surface area contributed by atoms with Crippen LogP contribution in [0.25, 0.3) is 11.3 Å². The minimum atomic E-state index is -0.129. The lowest BCUT2D eigenvalue weighted by atomic mass is 10.2. The van der Waals surface area contributed by atoms with Crippen molar-refractivity contribution in [2.45, 2.75) is 25.2 Å². The molecule has 0 saturated carbocycles. The van der Waals surface area contributed by atoms with Crippen molar-refractivity contribution in [2.75, 3.05) is 17.7 Å². The topological polar surface area (TPSA) is 51.2 Å². The third kappa shape index (κ3) is 5.11. The molecule has 27 heavy (non-hydrogen) atoms. The summed E-state index contributed by atoms with van der Waals surface area (Å²) in [5, 5.41) is 5.46. The van der Waals surface area contributed by atoms with Crippen LogP contribution in [-0.4, -0.2) is 23.3 Å². The number of thiazole rings is 1. The molecular formula is C21H22N2O2S2. The maximum atomic E-state index is 12.6. The molecule has 1 heterocycles. The van der Waals surface area contributed by atoms with E-state index in [9.17, 15) is 4.79 Å². The molecule has 3 rings (SSSR count). The van der Waals surface area contributed by atoms with Gasteiger partial charge in [0.2, 0.25) is 0 Å². The Hall–Kier alpha value is -2.31. The first kappa shape index (κ1) is 19.5. The van der Waals surface area contributed by atoms with Crippen molar-refractivity contribution in [3.8, 4) is 17.0 Å². The van der Waals surface area contributed by atoms with Gasteiger partial charge in [0.25, 0.3) is 5.91 Å². The van der Waals surface area contributed by atoms with E-state index in [0.29, 0.717) is 17.3 Å². The minimum Gasteiger partial charge on any atom is -0.494 e. The standard InChI is InChI=1S/C21H22N2O2S2/c1-3-13-25-16-11-9-15(10-12-16)18-14-27-21(22-18)23-20(24)17-7-5-6-8-19(17)26-4-2/h5-12,14H,3-4,13H2,1-2H3,(H,22,23,24). The van der Waals surface area contributed by atoms with E-state index < -0.39 is 0 Å². The Bertz CT molecular complexity index is 891. The first-order valence-electron chi connectivity index (χ1n) is 8.93. The van der Waals surface area contributed by atoms with Crippen molar-refractivity contribution in [1.82, 2.24) is 4.98 Å². The van der Waals surface area contributed by atoms with Gasteiger partial charge in [-0.1, -0.05) is 26.0 Å². The van der Waals surface area contributed by atoms with Crippen LogP contribution >= 0.6 is 23.1 Å². The Labute approximate surface area is 168 Å². The van der Waals surface area contributed by atoms with Gasteiger partial charge in [0.05, 0.1) is 17.9 Å². The number of hydrogen-bond acceptors (Lipinski definition) is 5. The number of carbonyl (C=O) groups is 1. The number of hydrogen-bond donors (Lipinski definition) is 1. The highest BCUT2D eigenvalue weighted by Gasteiger charge is 2.13. The summed E-state index contributed by atoms with van der Waals surface area (Å²) in [6.07, 6.45) is 0.983. The summed E-state index contributed by atoms with van der Waals surface area (Å²) in [7, 11) is 0. The largest absolute Gasteiger partial charge is 0.494 e. The van der Waals surface area contributed by atoms with Crippen molar-refractivity contribution in [3.63, 3.8) is 0 Å². The highest BCUT2D eigenvalue weighted by molar-refractivity contribution is 7.99. The number of nitrogens with zero attached hydrogens (tertiary/aromatic N) is 1. The van der Waals surface area contributed by atoms with Gasteiger partial charge in [-0.3, -0.25) is 10.1 Å². The fourth-order valence-electron chi connectivity index (χ4n) is 2.51. The Balaban J connectivity index is 1.70. The summed E-state index contributed by atoms with van der Waals surface area (Å²) in [6, 6.07) is 15.5. The predicted molar refractivity (Wildman–Crippen MR) is 114 cm³/mol. The monoisotopic (exact) mass is 398 g/mol. The maximum absolute atomic E-state index is 12.6. The zero-order valence-corrected chi connectivity index (χ0v) is 17.0. The molecule has 1 aromatic heterocycles. The molecule has 1 amide bonds. The molecule has 0 aliphatic heterocycles. The quantitative estimate of drug-likeness (QED) is 0.475. The van der Waals surface area contributed by atoms with Crippen LogP contribution in [0.3, 0.4) is 0 Å². The summed E-state index contributed by atoms with van der Waals surface area (Å²) in [6.45, 7) is 4.87. The second-order valence-corrected chi connectivity index (χ2v) is 7.96. The summed E-state index contributed by atoms with van der Waals surface area (Å²) in [4.78, 5) is 18.2. The molecule has 0 aliphatic carbocycles. The minimum absolute atomic E-state index is 0.129. The Morgan fingerprint density at radius 3 is 2.67 bits per heavy atom. The van der Waals surface area contributed by atoms with Crippen LogP contribution in [0.1, 0.15) is 30.6 Å². The molecule has 0 unspecified atom stereocenters. The third-order valence-electron chi connectivity index (χ3n) is 3.78. The smallest absolute Gasteiger partial charge is 0.258 e. The summed E-state index contributed by atoms with van der Waals surface area (Å²) >= 11 is 3.08. The number of anilines is 1. The number of benzene rings is 2. The lowest BCUT2D eigenvalue weighted by molar-refractivity contribution is 0.102. The van der Waals surface area contributed by atoms with Crippen LogP contribution in [0, 0.1) is 0 Å². The zero-order valence-electron chi connectivity index (χ0n) is 15.4. The van der Waals surface area contributed by atoms with Crippen molar-refractivity contribution in [1.29, 1.82) is 0 Å². The Kier molecular flexibility index (Phi) is 6.90. The Morgan fingerprint density at radius 2 is 1.93 bits per heavy atom. The highest BCUT2D eigenvalue weighted by Crippen LogP contribution is 2.28. The molecule has 2 aromatic carbocycles. The Morgan fingerprint density at radius 1 is 1.15 bits per heavy atom. The van der Waals surface area contributed by atoms with Crippen LogP contribution in [0.2, 0.25) is 0 Å². The van der Waals surface area contributed by atoms with Crippen molar-refractivity contribution in [3.05, 3.63) is 59.5 Å². The third-order valence-corrected chi connectivity index (χ3v) is 5.49. The summed E-state index contributed by atoms with van der Waals surface area (Å²) < 4.78 is 5.61. The molecule has 0 aliphatic rings. The number of nitrogens with one attached hydrogen (secondary N) is 1. The number of thioether (sulfide) groups is 1. The number of rotatable bonds is 8. The van der Waals surface area contributed by atoms with Gasteiger partial charge in [-0.25, -0.2) is 4.98 Å². The highest BCUT2D eigenvalue weighted by atomic mass is 32.2. The molecule has 0 bridgehead atoms. The lowest BCUT2D eigenvalue weighted by Gasteiger charge is -2.07. The van der Waals surface area contributed by atoms with Gasteiger partial charge in [-0.05, 0) is 48.6 Å². The van der Waals surface area contributed by atoms with Gasteiger partial charge in [-0.15, -0.1) is 23.1 Å². The molecule has 0 radical (unpaired) electrons. The van der Waals surface area contributed by atoms with E-state index in [1.54, 1.807) is 11.8 Å². The number of ether oxygens (including phenoxy) is 1. The normalized spacial score (nSPS) is 10.6. The molecule has 0 spiro atoms. The van der Waals surface area contributed by atoms with Crippen LogP contribution in [0.4, 0.5) is 5.13 Å². The molecule has 0 atom stereocenters. The second-order valence-electron chi connectivity index (χ2n) is 5.79. The van der Waals surface area contributed by atoms with E-state index in [1.165, 1.54) is 11.3 Å². The average Bonchev–Trinajstić information content (AvgIpc) is 3.16. The van der Waals surface area contributed by atoms with Crippen molar-refractivity contribution in [2.24, 2.45) is 0 Å². The fourth-order valence-corrected chi connectivity index (χ4v) is 4.02. The second kappa shape index (κ2) is 9.58. The summed E-state index contributed by atoms with van der Waals surface area (Å²) in [5.41, 5.74) is 2.52. The van der Waals surface area contributed by atoms with Gasteiger partial charge < -0.3 is 4.74 Å².